The largest absolute Gasteiger partial charge is 0.497 e. The molecular weight excluding hydrogens is 338 g/mol. The first-order valence-corrected chi connectivity index (χ1v) is 8.23. The fourth-order valence-corrected chi connectivity index (χ4v) is 2.73. The number of hydrogen-bond donors (Lipinski definition) is 2. The standard InChI is InChI=1S/C19H23NO6/c1-5-15-11(2)8-17(26-15)19(23)20-14(10-18(21)22)13-7-6-12(24-3)9-16(13)25-4/h6-9,14H,5,10H2,1-4H3,(H,20,23)(H,21,22). The fraction of sp³-hybridized carbons (Fsp3) is 0.368. The van der Waals surface area contributed by atoms with Crippen LogP contribution in [0.1, 0.15) is 46.8 Å². The molecule has 140 valence electrons. The quantitative estimate of drug-likeness (QED) is 0.750. The number of rotatable bonds is 8. The average molecular weight is 361 g/mol. The van der Waals surface area contributed by atoms with Crippen molar-refractivity contribution in [2.24, 2.45) is 0 Å². The number of ether oxygens (including phenoxy) is 2. The molecular formula is C19H23NO6. The van der Waals surface area contributed by atoms with Gasteiger partial charge in [0.1, 0.15) is 17.3 Å². The summed E-state index contributed by atoms with van der Waals surface area (Å²) < 4.78 is 16.0. The van der Waals surface area contributed by atoms with Crippen LogP contribution in [-0.2, 0) is 11.2 Å². The predicted octanol–water partition coefficient (Wildman–Crippen LogP) is 3.11. The number of methoxy groups -OCH3 is 2. The molecule has 2 N–H and O–H groups in total. The number of aliphatic carboxylic acids is 1. The number of carboxylic acid groups (broad SMARTS) is 1. The van der Waals surface area contributed by atoms with Gasteiger partial charge in [0.2, 0.25) is 0 Å². The zero-order valence-corrected chi connectivity index (χ0v) is 15.3. The van der Waals surface area contributed by atoms with Crippen LogP contribution >= 0.6 is 0 Å². The van der Waals surface area contributed by atoms with Gasteiger partial charge in [0.05, 0.1) is 26.7 Å². The Morgan fingerprint density at radius 1 is 1.23 bits per heavy atom. The fourth-order valence-electron chi connectivity index (χ4n) is 2.73. The summed E-state index contributed by atoms with van der Waals surface area (Å²) in [7, 11) is 3.00. The average Bonchev–Trinajstić information content (AvgIpc) is 3.01. The summed E-state index contributed by atoms with van der Waals surface area (Å²) in [4.78, 5) is 23.8. The van der Waals surface area contributed by atoms with Crippen molar-refractivity contribution in [2.45, 2.75) is 32.7 Å². The van der Waals surface area contributed by atoms with E-state index in [9.17, 15) is 14.7 Å². The molecule has 0 aliphatic heterocycles. The van der Waals surface area contributed by atoms with E-state index >= 15 is 0 Å². The van der Waals surface area contributed by atoms with Crippen molar-refractivity contribution in [1.82, 2.24) is 5.32 Å². The van der Waals surface area contributed by atoms with Crippen LogP contribution < -0.4 is 14.8 Å². The topological polar surface area (TPSA) is 98.0 Å². The van der Waals surface area contributed by atoms with Crippen LogP contribution in [-0.4, -0.2) is 31.2 Å². The predicted molar refractivity (Wildman–Crippen MR) is 94.8 cm³/mol. The van der Waals surface area contributed by atoms with E-state index in [2.05, 4.69) is 5.32 Å². The van der Waals surface area contributed by atoms with Gasteiger partial charge in [-0.05, 0) is 30.7 Å². The number of carbonyl (C=O) groups is 2. The van der Waals surface area contributed by atoms with Gasteiger partial charge in [-0.1, -0.05) is 6.92 Å². The lowest BCUT2D eigenvalue weighted by Crippen LogP contribution is -2.30. The molecule has 1 aromatic carbocycles. The van der Waals surface area contributed by atoms with Crippen molar-refractivity contribution in [3.63, 3.8) is 0 Å². The number of amides is 1. The lowest BCUT2D eigenvalue weighted by molar-refractivity contribution is -0.137. The van der Waals surface area contributed by atoms with Crippen LogP contribution in [0.3, 0.4) is 0 Å². The smallest absolute Gasteiger partial charge is 0.305 e. The molecule has 7 heteroatoms. The van der Waals surface area contributed by atoms with E-state index < -0.39 is 17.9 Å². The number of benzene rings is 1. The van der Waals surface area contributed by atoms with E-state index in [1.165, 1.54) is 14.2 Å². The van der Waals surface area contributed by atoms with Gasteiger partial charge in [0, 0.05) is 18.1 Å². The Labute approximate surface area is 151 Å². The first kappa shape index (κ1) is 19.4. The van der Waals surface area contributed by atoms with Gasteiger partial charge in [-0.15, -0.1) is 0 Å². The molecule has 0 spiro atoms. The van der Waals surface area contributed by atoms with Crippen molar-refractivity contribution in [3.05, 3.63) is 46.9 Å². The highest BCUT2D eigenvalue weighted by atomic mass is 16.5. The second kappa shape index (κ2) is 8.42. The molecule has 26 heavy (non-hydrogen) atoms. The number of nitrogens with one attached hydrogen (secondary N) is 1. The SMILES string of the molecule is CCc1oc(C(=O)NC(CC(=O)O)c2ccc(OC)cc2OC)cc1C. The molecule has 1 unspecified atom stereocenters. The monoisotopic (exact) mass is 361 g/mol. The third-order valence-electron chi connectivity index (χ3n) is 4.07. The van der Waals surface area contributed by atoms with Crippen molar-refractivity contribution >= 4 is 11.9 Å². The number of carbonyl (C=O) groups excluding carboxylic acids is 1. The molecule has 0 aliphatic carbocycles. The Bertz CT molecular complexity index is 795. The van der Waals surface area contributed by atoms with Crippen molar-refractivity contribution in [2.75, 3.05) is 14.2 Å². The number of hydrogen-bond acceptors (Lipinski definition) is 5. The van der Waals surface area contributed by atoms with E-state index in [1.54, 1.807) is 24.3 Å². The minimum Gasteiger partial charge on any atom is -0.497 e. The molecule has 2 rings (SSSR count). The summed E-state index contributed by atoms with van der Waals surface area (Å²) in [6.45, 7) is 3.79. The maximum absolute atomic E-state index is 12.6. The second-order valence-corrected chi connectivity index (χ2v) is 5.80. The summed E-state index contributed by atoms with van der Waals surface area (Å²) in [5.74, 6) is 0.366. The Kier molecular flexibility index (Phi) is 6.27. The first-order chi connectivity index (χ1) is 12.4. The van der Waals surface area contributed by atoms with E-state index in [4.69, 9.17) is 13.9 Å². The van der Waals surface area contributed by atoms with E-state index in [0.29, 0.717) is 23.5 Å². The number of aryl methyl sites for hydroxylation is 2. The van der Waals surface area contributed by atoms with Crippen LogP contribution in [0.25, 0.3) is 0 Å². The second-order valence-electron chi connectivity index (χ2n) is 5.80. The molecule has 1 atom stereocenters. The third-order valence-corrected chi connectivity index (χ3v) is 4.07. The van der Waals surface area contributed by atoms with Crippen LogP contribution in [0.5, 0.6) is 11.5 Å². The van der Waals surface area contributed by atoms with Crippen LogP contribution in [0.4, 0.5) is 0 Å². The maximum Gasteiger partial charge on any atom is 0.305 e. The highest BCUT2D eigenvalue weighted by Crippen LogP contribution is 2.31. The molecule has 1 heterocycles. The summed E-state index contributed by atoms with van der Waals surface area (Å²) in [6.07, 6.45) is 0.374. The van der Waals surface area contributed by atoms with E-state index in [0.717, 1.165) is 11.3 Å². The minimum atomic E-state index is -1.04. The molecule has 0 aliphatic rings. The summed E-state index contributed by atoms with van der Waals surface area (Å²) >= 11 is 0. The van der Waals surface area contributed by atoms with E-state index in [-0.39, 0.29) is 12.2 Å². The molecule has 0 bridgehead atoms. The van der Waals surface area contributed by atoms with Crippen molar-refractivity contribution in [1.29, 1.82) is 0 Å². The number of carboxylic acids is 1. The molecule has 7 nitrogen and oxygen atoms in total. The van der Waals surface area contributed by atoms with Gasteiger partial charge < -0.3 is 24.3 Å². The molecule has 0 saturated heterocycles. The highest BCUT2D eigenvalue weighted by molar-refractivity contribution is 5.92. The lowest BCUT2D eigenvalue weighted by atomic mass is 10.0. The minimum absolute atomic E-state index is 0.155. The normalized spacial score (nSPS) is 11.7. The molecule has 1 amide bonds. The zero-order chi connectivity index (χ0) is 19.3. The number of furan rings is 1. The van der Waals surface area contributed by atoms with Crippen LogP contribution in [0, 0.1) is 6.92 Å². The van der Waals surface area contributed by atoms with Gasteiger partial charge in [0.15, 0.2) is 5.76 Å². The van der Waals surface area contributed by atoms with Gasteiger partial charge in [-0.2, -0.15) is 0 Å². The molecule has 0 fully saturated rings. The molecule has 0 radical (unpaired) electrons. The molecule has 1 aromatic heterocycles. The Balaban J connectivity index is 2.32. The Morgan fingerprint density at radius 3 is 2.50 bits per heavy atom. The highest BCUT2D eigenvalue weighted by Gasteiger charge is 2.24. The van der Waals surface area contributed by atoms with Gasteiger partial charge in [0.25, 0.3) is 5.91 Å². The van der Waals surface area contributed by atoms with Crippen molar-refractivity contribution in [3.8, 4) is 11.5 Å². The maximum atomic E-state index is 12.6. The Hall–Kier alpha value is -2.96. The lowest BCUT2D eigenvalue weighted by Gasteiger charge is -2.20. The van der Waals surface area contributed by atoms with Gasteiger partial charge >= 0.3 is 5.97 Å². The van der Waals surface area contributed by atoms with Crippen molar-refractivity contribution < 1.29 is 28.6 Å². The first-order valence-electron chi connectivity index (χ1n) is 8.23. The molecule has 2 aromatic rings. The van der Waals surface area contributed by atoms with Crippen LogP contribution in [0.15, 0.2) is 28.7 Å². The van der Waals surface area contributed by atoms with Gasteiger partial charge in [-0.25, -0.2) is 0 Å². The molecule has 0 saturated carbocycles. The zero-order valence-electron chi connectivity index (χ0n) is 15.3. The van der Waals surface area contributed by atoms with Gasteiger partial charge in [-0.3, -0.25) is 9.59 Å². The Morgan fingerprint density at radius 2 is 1.96 bits per heavy atom. The summed E-state index contributed by atoms with van der Waals surface area (Å²) in [5, 5.41) is 12.0. The summed E-state index contributed by atoms with van der Waals surface area (Å²) in [6, 6.07) is 5.87. The third kappa shape index (κ3) is 4.36. The van der Waals surface area contributed by atoms with Crippen LogP contribution in [0.2, 0.25) is 0 Å². The van der Waals surface area contributed by atoms with E-state index in [1.807, 2.05) is 13.8 Å². The summed E-state index contributed by atoms with van der Waals surface area (Å²) in [5.41, 5.74) is 1.43.